The fourth-order valence-corrected chi connectivity index (χ4v) is 2.62. The fraction of sp³-hybridized carbons (Fsp3) is 0.105. The van der Waals surface area contributed by atoms with Crippen LogP contribution in [0.25, 0.3) is 11.3 Å². The number of aryl methyl sites for hydroxylation is 1. The number of benzene rings is 2. The van der Waals surface area contributed by atoms with Crippen LogP contribution >= 0.6 is 22.6 Å². The minimum atomic E-state index is -0.0103. The molecule has 4 heteroatoms. The number of amides is 1. The fourth-order valence-electron chi connectivity index (χ4n) is 2.26. The van der Waals surface area contributed by atoms with Crippen LogP contribution < -0.4 is 5.32 Å². The number of hydrogen-bond acceptors (Lipinski definition) is 2. The second-order valence-corrected chi connectivity index (χ2v) is 6.43. The van der Waals surface area contributed by atoms with Gasteiger partial charge in [-0.1, -0.05) is 30.3 Å². The lowest BCUT2D eigenvalue weighted by Crippen LogP contribution is -2.12. The highest BCUT2D eigenvalue weighted by molar-refractivity contribution is 14.1. The summed E-state index contributed by atoms with van der Waals surface area (Å²) in [7, 11) is 0. The van der Waals surface area contributed by atoms with Crippen molar-refractivity contribution in [1.29, 1.82) is 0 Å². The molecule has 1 N–H and O–H groups in total. The Hall–Kier alpha value is -2.08. The molecule has 116 valence electrons. The number of halogens is 1. The first-order chi connectivity index (χ1) is 11.2. The molecule has 3 nitrogen and oxygen atoms in total. The zero-order chi connectivity index (χ0) is 16.1. The van der Waals surface area contributed by atoms with Crippen molar-refractivity contribution in [2.45, 2.75) is 12.8 Å². The lowest BCUT2D eigenvalue weighted by atomic mass is 10.2. The highest BCUT2D eigenvalue weighted by atomic mass is 127. The molecule has 1 amide bonds. The van der Waals surface area contributed by atoms with Crippen LogP contribution in [0.5, 0.6) is 0 Å². The normalized spacial score (nSPS) is 10.5. The Labute approximate surface area is 148 Å². The van der Waals surface area contributed by atoms with Gasteiger partial charge < -0.3 is 9.73 Å². The summed E-state index contributed by atoms with van der Waals surface area (Å²) in [6.07, 6.45) is 0.983. The number of carbonyl (C=O) groups excluding carboxylic acids is 1. The summed E-state index contributed by atoms with van der Waals surface area (Å²) in [6, 6.07) is 21.6. The topological polar surface area (TPSA) is 42.2 Å². The number of nitrogens with one attached hydrogen (secondary N) is 1. The molecule has 0 saturated carbocycles. The minimum Gasteiger partial charge on any atom is -0.461 e. The van der Waals surface area contributed by atoms with Gasteiger partial charge in [-0.2, -0.15) is 0 Å². The van der Waals surface area contributed by atoms with Crippen LogP contribution in [0.3, 0.4) is 0 Å². The molecule has 0 bridgehead atoms. The van der Waals surface area contributed by atoms with Crippen LogP contribution in [0, 0.1) is 3.57 Å². The van der Waals surface area contributed by atoms with Gasteiger partial charge in [-0.25, -0.2) is 0 Å². The maximum Gasteiger partial charge on any atom is 0.224 e. The lowest BCUT2D eigenvalue weighted by Gasteiger charge is -2.04. The van der Waals surface area contributed by atoms with Gasteiger partial charge in [0.05, 0.1) is 0 Å². The van der Waals surface area contributed by atoms with Crippen molar-refractivity contribution in [3.05, 3.63) is 76.1 Å². The van der Waals surface area contributed by atoms with E-state index < -0.39 is 0 Å². The van der Waals surface area contributed by atoms with E-state index in [2.05, 4.69) is 27.9 Å². The van der Waals surface area contributed by atoms with Gasteiger partial charge in [0.1, 0.15) is 11.5 Å². The van der Waals surface area contributed by atoms with Crippen LogP contribution in [-0.4, -0.2) is 5.91 Å². The number of hydrogen-bond donors (Lipinski definition) is 1. The van der Waals surface area contributed by atoms with E-state index in [0.717, 1.165) is 26.3 Å². The van der Waals surface area contributed by atoms with E-state index in [1.54, 1.807) is 0 Å². The predicted molar refractivity (Wildman–Crippen MR) is 100 cm³/mol. The molecule has 1 heterocycles. The van der Waals surface area contributed by atoms with Crippen molar-refractivity contribution in [1.82, 2.24) is 0 Å². The smallest absolute Gasteiger partial charge is 0.224 e. The molecule has 2 aromatic carbocycles. The second kappa shape index (κ2) is 7.46. The van der Waals surface area contributed by atoms with Crippen LogP contribution in [0.2, 0.25) is 0 Å². The van der Waals surface area contributed by atoms with Gasteiger partial charge in [-0.15, -0.1) is 0 Å². The summed E-state index contributed by atoms with van der Waals surface area (Å²) in [5.41, 5.74) is 1.86. The lowest BCUT2D eigenvalue weighted by molar-refractivity contribution is -0.116. The molecule has 0 saturated heterocycles. The Morgan fingerprint density at radius 3 is 2.43 bits per heavy atom. The van der Waals surface area contributed by atoms with Crippen LogP contribution in [0.1, 0.15) is 12.2 Å². The summed E-state index contributed by atoms with van der Waals surface area (Å²) in [6.45, 7) is 0. The van der Waals surface area contributed by atoms with Gasteiger partial charge in [0.15, 0.2) is 0 Å². The zero-order valence-corrected chi connectivity index (χ0v) is 14.6. The molecule has 23 heavy (non-hydrogen) atoms. The number of anilines is 1. The Balaban J connectivity index is 1.55. The Morgan fingerprint density at radius 1 is 0.957 bits per heavy atom. The van der Waals surface area contributed by atoms with E-state index in [1.165, 1.54) is 0 Å². The van der Waals surface area contributed by atoms with Gasteiger partial charge in [0.2, 0.25) is 5.91 Å². The van der Waals surface area contributed by atoms with Crippen molar-refractivity contribution in [3.63, 3.8) is 0 Å². The van der Waals surface area contributed by atoms with E-state index in [1.807, 2.05) is 66.7 Å². The third-order valence-corrected chi connectivity index (χ3v) is 4.17. The van der Waals surface area contributed by atoms with Crippen LogP contribution in [-0.2, 0) is 11.2 Å². The average molecular weight is 417 g/mol. The molecule has 0 aliphatic carbocycles. The van der Waals surface area contributed by atoms with Crippen molar-refractivity contribution in [2.24, 2.45) is 0 Å². The largest absolute Gasteiger partial charge is 0.461 e. The van der Waals surface area contributed by atoms with E-state index in [0.29, 0.717) is 12.8 Å². The van der Waals surface area contributed by atoms with Gasteiger partial charge in [0.25, 0.3) is 0 Å². The monoisotopic (exact) mass is 417 g/mol. The first-order valence-corrected chi connectivity index (χ1v) is 8.48. The number of furan rings is 1. The molecular formula is C19H16INO2. The van der Waals surface area contributed by atoms with Crippen molar-refractivity contribution in [2.75, 3.05) is 5.32 Å². The number of rotatable bonds is 5. The molecule has 3 rings (SSSR count). The highest BCUT2D eigenvalue weighted by Gasteiger charge is 2.07. The third-order valence-electron chi connectivity index (χ3n) is 3.45. The van der Waals surface area contributed by atoms with Gasteiger partial charge >= 0.3 is 0 Å². The SMILES string of the molecule is O=C(CCc1ccc(-c2ccccc2)o1)Nc1ccc(I)cc1. The predicted octanol–water partition coefficient (Wildman–Crippen LogP) is 5.12. The molecule has 0 radical (unpaired) electrons. The molecule has 0 aliphatic heterocycles. The molecule has 1 aromatic heterocycles. The summed E-state index contributed by atoms with van der Waals surface area (Å²) >= 11 is 2.24. The van der Waals surface area contributed by atoms with E-state index in [-0.39, 0.29) is 5.91 Å². The summed E-state index contributed by atoms with van der Waals surface area (Å²) in [5, 5.41) is 2.89. The molecule has 0 fully saturated rings. The quantitative estimate of drug-likeness (QED) is 0.586. The summed E-state index contributed by atoms with van der Waals surface area (Å²) < 4.78 is 6.95. The standard InChI is InChI=1S/C19H16INO2/c20-15-6-8-16(9-7-15)21-19(22)13-11-17-10-12-18(23-17)14-4-2-1-3-5-14/h1-10,12H,11,13H2,(H,21,22). The van der Waals surface area contributed by atoms with E-state index in [9.17, 15) is 4.79 Å². The highest BCUT2D eigenvalue weighted by Crippen LogP contribution is 2.22. The molecule has 0 spiro atoms. The Bertz CT molecular complexity index is 779. The maximum atomic E-state index is 12.0. The van der Waals surface area contributed by atoms with Crippen LogP contribution in [0.15, 0.2) is 71.1 Å². The van der Waals surface area contributed by atoms with Crippen LogP contribution in [0.4, 0.5) is 5.69 Å². The molecule has 0 atom stereocenters. The molecule has 0 unspecified atom stereocenters. The third kappa shape index (κ3) is 4.45. The average Bonchev–Trinajstić information content (AvgIpc) is 3.05. The van der Waals surface area contributed by atoms with Gasteiger partial charge in [-0.05, 0) is 59.0 Å². The Kier molecular flexibility index (Phi) is 5.12. The number of carbonyl (C=O) groups is 1. The maximum absolute atomic E-state index is 12.0. The van der Waals surface area contributed by atoms with Crippen molar-refractivity contribution < 1.29 is 9.21 Å². The van der Waals surface area contributed by atoms with E-state index >= 15 is 0 Å². The van der Waals surface area contributed by atoms with Gasteiger partial charge in [-0.3, -0.25) is 4.79 Å². The molecular weight excluding hydrogens is 401 g/mol. The van der Waals surface area contributed by atoms with Crippen molar-refractivity contribution >= 4 is 34.2 Å². The molecule has 0 aliphatic rings. The minimum absolute atomic E-state index is 0.0103. The first-order valence-electron chi connectivity index (χ1n) is 7.40. The summed E-state index contributed by atoms with van der Waals surface area (Å²) in [5.74, 6) is 1.64. The van der Waals surface area contributed by atoms with E-state index in [4.69, 9.17) is 4.42 Å². The second-order valence-electron chi connectivity index (χ2n) is 5.19. The summed E-state index contributed by atoms with van der Waals surface area (Å²) in [4.78, 5) is 12.0. The van der Waals surface area contributed by atoms with Crippen molar-refractivity contribution in [3.8, 4) is 11.3 Å². The first kappa shape index (κ1) is 15.8. The zero-order valence-electron chi connectivity index (χ0n) is 12.5. The Morgan fingerprint density at radius 2 is 1.70 bits per heavy atom. The molecule has 3 aromatic rings. The van der Waals surface area contributed by atoms with Gasteiger partial charge in [0, 0.05) is 27.7 Å².